The molecule has 0 fully saturated rings. The number of allylic oxidation sites excluding steroid dienone is 6. The van der Waals surface area contributed by atoms with Crippen molar-refractivity contribution in [2.45, 2.75) is 251 Å². The normalized spacial score (nSPS) is 13.4. The first-order chi connectivity index (χ1) is 29.8. The van der Waals surface area contributed by atoms with Crippen molar-refractivity contribution in [1.29, 1.82) is 0 Å². The van der Waals surface area contributed by atoms with Gasteiger partial charge >= 0.3 is 13.8 Å². The molecule has 9 nitrogen and oxygen atoms in total. The number of esters is 1. The second kappa shape index (κ2) is 47.7. The number of aliphatic hydroxyl groups is 1. The third-order valence-corrected chi connectivity index (χ3v) is 12.1. The molecule has 0 saturated carbocycles. The fourth-order valence-electron chi connectivity index (χ4n) is 7.21. The summed E-state index contributed by atoms with van der Waals surface area (Å²) in [5.41, 5.74) is 0. The van der Waals surface area contributed by atoms with Crippen LogP contribution in [0.5, 0.6) is 0 Å². The van der Waals surface area contributed by atoms with Crippen molar-refractivity contribution in [3.63, 3.8) is 0 Å². The fourth-order valence-corrected chi connectivity index (χ4v) is 7.97. The van der Waals surface area contributed by atoms with Gasteiger partial charge in [0.05, 0.1) is 13.2 Å². The van der Waals surface area contributed by atoms with Crippen molar-refractivity contribution in [3.05, 3.63) is 36.5 Å². The molecule has 0 aliphatic rings. The summed E-state index contributed by atoms with van der Waals surface area (Å²) in [5.74, 6) is -0.520. The van der Waals surface area contributed by atoms with E-state index in [-0.39, 0.29) is 32.1 Å². The molecule has 10 heteroatoms. The first-order valence-corrected chi connectivity index (χ1v) is 27.0. The summed E-state index contributed by atoms with van der Waals surface area (Å²) in [6, 6.07) is 0. The summed E-state index contributed by atoms with van der Waals surface area (Å²) in [6.45, 7) is 3.55. The van der Waals surface area contributed by atoms with Gasteiger partial charge in [0.15, 0.2) is 0 Å². The summed E-state index contributed by atoms with van der Waals surface area (Å²) in [6.07, 6.45) is 55.1. The van der Waals surface area contributed by atoms with E-state index in [2.05, 4.69) is 55.6 Å². The van der Waals surface area contributed by atoms with Crippen LogP contribution in [0.1, 0.15) is 245 Å². The number of nitrogens with one attached hydrogen (secondary N) is 1. The lowest BCUT2D eigenvalue weighted by Crippen LogP contribution is -2.27. The van der Waals surface area contributed by atoms with Crippen molar-refractivity contribution < 1.29 is 37.9 Å². The number of rotatable bonds is 48. The van der Waals surface area contributed by atoms with E-state index in [9.17, 15) is 24.2 Å². The topological polar surface area (TPSA) is 131 Å². The van der Waals surface area contributed by atoms with E-state index in [1.807, 2.05) is 0 Å². The first-order valence-electron chi connectivity index (χ1n) is 25.5. The number of phosphoric ester groups is 1. The van der Waals surface area contributed by atoms with Gasteiger partial charge in [-0.1, -0.05) is 217 Å². The molecule has 0 rings (SSSR count). The Morgan fingerprint density at radius 2 is 0.885 bits per heavy atom. The van der Waals surface area contributed by atoms with Gasteiger partial charge in [-0.05, 0) is 51.4 Å². The molecule has 0 saturated heterocycles. The van der Waals surface area contributed by atoms with E-state index in [1.54, 1.807) is 0 Å². The van der Waals surface area contributed by atoms with Crippen LogP contribution in [-0.4, -0.2) is 54.3 Å². The van der Waals surface area contributed by atoms with Crippen molar-refractivity contribution >= 4 is 19.7 Å². The number of ether oxygens (including phenoxy) is 1. The Morgan fingerprint density at radius 3 is 1.36 bits per heavy atom. The van der Waals surface area contributed by atoms with Crippen LogP contribution >= 0.6 is 7.82 Å². The molecule has 358 valence electrons. The zero-order valence-corrected chi connectivity index (χ0v) is 40.5. The van der Waals surface area contributed by atoms with Crippen LogP contribution in [0.2, 0.25) is 0 Å². The molecule has 0 aromatic heterocycles. The van der Waals surface area contributed by atoms with E-state index in [1.165, 1.54) is 154 Å². The van der Waals surface area contributed by atoms with Gasteiger partial charge in [0, 0.05) is 19.4 Å². The smallest absolute Gasteiger partial charge is 0.463 e. The van der Waals surface area contributed by atoms with Crippen molar-refractivity contribution in [2.75, 3.05) is 26.4 Å². The molecular formula is C51H96NO8P. The lowest BCUT2D eigenvalue weighted by atomic mass is 10.0. The molecule has 1 amide bonds. The second-order valence-corrected chi connectivity index (χ2v) is 18.6. The number of hydrogen-bond donors (Lipinski definition) is 3. The Kier molecular flexibility index (Phi) is 46.3. The maximum absolute atomic E-state index is 12.1. The number of aliphatic hydroxyl groups excluding tert-OH is 1. The molecule has 0 aromatic carbocycles. The molecule has 0 bridgehead atoms. The Morgan fingerprint density at radius 1 is 0.508 bits per heavy atom. The van der Waals surface area contributed by atoms with Crippen LogP contribution < -0.4 is 5.32 Å². The molecule has 0 radical (unpaired) electrons. The molecule has 61 heavy (non-hydrogen) atoms. The number of carbonyl (C=O) groups excluding carboxylic acids is 2. The van der Waals surface area contributed by atoms with Gasteiger partial charge in [-0.2, -0.15) is 0 Å². The van der Waals surface area contributed by atoms with Crippen molar-refractivity contribution in [1.82, 2.24) is 5.32 Å². The minimum atomic E-state index is -4.42. The average Bonchev–Trinajstić information content (AvgIpc) is 3.25. The van der Waals surface area contributed by atoms with E-state index >= 15 is 0 Å². The van der Waals surface area contributed by atoms with Crippen molar-refractivity contribution in [2.24, 2.45) is 0 Å². The highest BCUT2D eigenvalue weighted by Gasteiger charge is 2.23. The molecule has 2 unspecified atom stereocenters. The average molecular weight is 882 g/mol. The lowest BCUT2D eigenvalue weighted by Gasteiger charge is -2.15. The van der Waals surface area contributed by atoms with E-state index < -0.39 is 26.5 Å². The predicted octanol–water partition coefficient (Wildman–Crippen LogP) is 14.9. The minimum absolute atomic E-state index is 0.0753. The molecule has 3 N–H and O–H groups in total. The number of phosphoric acid groups is 1. The minimum Gasteiger partial charge on any atom is -0.463 e. The molecule has 0 heterocycles. The first kappa shape index (κ1) is 59.2. The third kappa shape index (κ3) is 49.1. The van der Waals surface area contributed by atoms with Gasteiger partial charge < -0.3 is 20.1 Å². The maximum atomic E-state index is 12.1. The summed E-state index contributed by atoms with van der Waals surface area (Å²) in [5, 5.41) is 12.7. The highest BCUT2D eigenvalue weighted by Crippen LogP contribution is 2.42. The SMILES string of the molecule is CCCCC/C=C\C/C=C\C/C=C\CCCCCCCCC(=O)NCCOP(=O)(O)OCC(O)COC(=O)CCCCCCCCCCCCCCCCCCCCCCC. The van der Waals surface area contributed by atoms with E-state index in [0.29, 0.717) is 6.42 Å². The zero-order valence-electron chi connectivity index (χ0n) is 39.6. The number of unbranched alkanes of at least 4 members (excludes halogenated alkanes) is 29. The second-order valence-electron chi connectivity index (χ2n) is 17.1. The third-order valence-electron chi connectivity index (χ3n) is 11.1. The van der Waals surface area contributed by atoms with Gasteiger partial charge in [-0.25, -0.2) is 4.57 Å². The van der Waals surface area contributed by atoms with Gasteiger partial charge in [-0.3, -0.25) is 18.6 Å². The largest absolute Gasteiger partial charge is 0.472 e. The van der Waals surface area contributed by atoms with Crippen LogP contribution in [0.3, 0.4) is 0 Å². The van der Waals surface area contributed by atoms with Gasteiger partial charge in [0.1, 0.15) is 12.7 Å². The standard InChI is InChI=1S/C51H96NO8P/c1-3-5-7-9-11-13-15-17-19-21-23-24-26-28-30-32-34-36-38-40-42-44-51(55)58-47-49(53)48-60-61(56,57)59-46-45-52-50(54)43-41-39-37-35-33-31-29-27-25-22-20-18-16-14-12-10-8-6-4-2/h12,14,18,20,25,27,49,53H,3-11,13,15-17,19,21-24,26,28-48H2,1-2H3,(H,52,54)(H,56,57)/b14-12-,20-18-,27-25-. The zero-order chi connectivity index (χ0) is 44.6. The highest BCUT2D eigenvalue weighted by atomic mass is 31.2. The Bertz CT molecular complexity index is 1100. The number of amides is 1. The van der Waals surface area contributed by atoms with E-state index in [0.717, 1.165) is 64.2 Å². The molecule has 2 atom stereocenters. The molecule has 0 aromatic rings. The van der Waals surface area contributed by atoms with Crippen molar-refractivity contribution in [3.8, 4) is 0 Å². The number of hydrogen-bond acceptors (Lipinski definition) is 7. The Labute approximate surface area is 375 Å². The van der Waals surface area contributed by atoms with E-state index in [4.69, 9.17) is 13.8 Å². The van der Waals surface area contributed by atoms with Crippen LogP contribution in [0.4, 0.5) is 0 Å². The monoisotopic (exact) mass is 882 g/mol. The number of carbonyl (C=O) groups is 2. The van der Waals surface area contributed by atoms with Crippen LogP contribution in [0, 0.1) is 0 Å². The fraction of sp³-hybridized carbons (Fsp3) is 0.843. The summed E-state index contributed by atoms with van der Waals surface area (Å²) < 4.78 is 27.0. The van der Waals surface area contributed by atoms with Crippen LogP contribution in [-0.2, 0) is 27.9 Å². The Hall–Kier alpha value is -1.77. The molecular weight excluding hydrogens is 786 g/mol. The summed E-state index contributed by atoms with van der Waals surface area (Å²) in [4.78, 5) is 34.1. The maximum Gasteiger partial charge on any atom is 0.472 e. The predicted molar refractivity (Wildman–Crippen MR) is 257 cm³/mol. The summed E-state index contributed by atoms with van der Waals surface area (Å²) in [7, 11) is -4.42. The Balaban J connectivity index is 3.56. The van der Waals surface area contributed by atoms with Crippen LogP contribution in [0.15, 0.2) is 36.5 Å². The highest BCUT2D eigenvalue weighted by molar-refractivity contribution is 7.47. The lowest BCUT2D eigenvalue weighted by molar-refractivity contribution is -0.147. The molecule has 0 spiro atoms. The quantitative estimate of drug-likeness (QED) is 0.0238. The van der Waals surface area contributed by atoms with Crippen LogP contribution in [0.25, 0.3) is 0 Å². The molecule has 0 aliphatic heterocycles. The summed E-state index contributed by atoms with van der Waals surface area (Å²) >= 11 is 0. The van der Waals surface area contributed by atoms with Gasteiger partial charge in [-0.15, -0.1) is 0 Å². The van der Waals surface area contributed by atoms with Gasteiger partial charge in [0.2, 0.25) is 5.91 Å². The van der Waals surface area contributed by atoms with Gasteiger partial charge in [0.25, 0.3) is 0 Å². The molecule has 0 aliphatic carbocycles.